The Bertz CT molecular complexity index is 514. The van der Waals surface area contributed by atoms with Gasteiger partial charge in [0.05, 0.1) is 5.92 Å². The number of anilines is 1. The molecule has 6 heteroatoms. The largest absolute Gasteiger partial charge is 0.481 e. The zero-order valence-corrected chi connectivity index (χ0v) is 11.7. The second-order valence-electron chi connectivity index (χ2n) is 5.27. The standard InChI is InChI=1S/C14H19N3O3/c1-9(13(18)19)8-17(2)14(20)16-12-5-3-4-11(15-12)10-6-7-10/h3-5,9-10H,6-8H2,1-2H3,(H,18,19)(H,15,16,20). The Balaban J connectivity index is 1.93. The number of carbonyl (C=O) groups is 2. The van der Waals surface area contributed by atoms with Crippen molar-refractivity contribution in [2.75, 3.05) is 18.9 Å². The number of nitrogens with one attached hydrogen (secondary N) is 1. The maximum absolute atomic E-state index is 11.9. The van der Waals surface area contributed by atoms with E-state index in [9.17, 15) is 9.59 Å². The van der Waals surface area contributed by atoms with Crippen molar-refractivity contribution < 1.29 is 14.7 Å². The molecule has 0 bridgehead atoms. The van der Waals surface area contributed by atoms with E-state index in [4.69, 9.17) is 5.11 Å². The molecule has 1 fully saturated rings. The Morgan fingerprint density at radius 1 is 1.50 bits per heavy atom. The number of carbonyl (C=O) groups excluding carboxylic acids is 1. The molecule has 1 atom stereocenters. The van der Waals surface area contributed by atoms with E-state index in [2.05, 4.69) is 10.3 Å². The molecule has 2 N–H and O–H groups in total. The topological polar surface area (TPSA) is 82.5 Å². The fraction of sp³-hybridized carbons (Fsp3) is 0.500. The number of carboxylic acids is 1. The monoisotopic (exact) mass is 277 g/mol. The van der Waals surface area contributed by atoms with Crippen molar-refractivity contribution in [1.82, 2.24) is 9.88 Å². The number of urea groups is 1. The maximum atomic E-state index is 11.9. The van der Waals surface area contributed by atoms with Gasteiger partial charge in [-0.15, -0.1) is 0 Å². The van der Waals surface area contributed by atoms with Crippen molar-refractivity contribution in [1.29, 1.82) is 0 Å². The first-order valence-electron chi connectivity index (χ1n) is 6.69. The second kappa shape index (κ2) is 5.90. The molecule has 20 heavy (non-hydrogen) atoms. The van der Waals surface area contributed by atoms with Crippen LogP contribution in [0.2, 0.25) is 0 Å². The van der Waals surface area contributed by atoms with Crippen LogP contribution in [0, 0.1) is 5.92 Å². The van der Waals surface area contributed by atoms with Gasteiger partial charge in [-0.1, -0.05) is 13.0 Å². The number of aromatic nitrogens is 1. The van der Waals surface area contributed by atoms with Gasteiger partial charge in [0.15, 0.2) is 0 Å². The van der Waals surface area contributed by atoms with Crippen molar-refractivity contribution in [3.8, 4) is 0 Å². The SMILES string of the molecule is CC(CN(C)C(=O)Nc1cccc(C2CC2)n1)C(=O)O. The Morgan fingerprint density at radius 2 is 2.20 bits per heavy atom. The molecule has 0 radical (unpaired) electrons. The summed E-state index contributed by atoms with van der Waals surface area (Å²) in [5.41, 5.74) is 1.00. The van der Waals surface area contributed by atoms with Gasteiger partial charge in [-0.25, -0.2) is 9.78 Å². The van der Waals surface area contributed by atoms with E-state index in [-0.39, 0.29) is 12.6 Å². The molecule has 0 aliphatic heterocycles. The summed E-state index contributed by atoms with van der Waals surface area (Å²) in [6.07, 6.45) is 2.31. The Hall–Kier alpha value is -2.11. The number of hydrogen-bond donors (Lipinski definition) is 2. The quantitative estimate of drug-likeness (QED) is 0.863. The Kier molecular flexibility index (Phi) is 4.22. The lowest BCUT2D eigenvalue weighted by atomic mass is 10.2. The second-order valence-corrected chi connectivity index (χ2v) is 5.27. The first-order valence-corrected chi connectivity index (χ1v) is 6.69. The minimum atomic E-state index is -0.918. The molecule has 1 unspecified atom stereocenters. The lowest BCUT2D eigenvalue weighted by Crippen LogP contribution is -2.36. The van der Waals surface area contributed by atoms with Crippen LogP contribution in [0.25, 0.3) is 0 Å². The third-order valence-corrected chi connectivity index (χ3v) is 3.32. The number of amides is 2. The van der Waals surface area contributed by atoms with Gasteiger partial charge < -0.3 is 10.0 Å². The summed E-state index contributed by atoms with van der Waals surface area (Å²) in [7, 11) is 1.57. The van der Waals surface area contributed by atoms with Crippen LogP contribution in [-0.2, 0) is 4.79 Å². The molecule has 1 aromatic rings. The highest BCUT2D eigenvalue weighted by molar-refractivity contribution is 5.88. The van der Waals surface area contributed by atoms with Crippen LogP contribution in [0.1, 0.15) is 31.4 Å². The van der Waals surface area contributed by atoms with Gasteiger partial charge in [0.25, 0.3) is 0 Å². The fourth-order valence-electron chi connectivity index (χ4n) is 1.90. The highest BCUT2D eigenvalue weighted by Crippen LogP contribution is 2.39. The van der Waals surface area contributed by atoms with Crippen LogP contribution in [0.4, 0.5) is 10.6 Å². The predicted octanol–water partition coefficient (Wildman–Crippen LogP) is 2.14. The lowest BCUT2D eigenvalue weighted by molar-refractivity contribution is -0.141. The Morgan fingerprint density at radius 3 is 2.80 bits per heavy atom. The van der Waals surface area contributed by atoms with Crippen LogP contribution < -0.4 is 5.32 Å². The fourth-order valence-corrected chi connectivity index (χ4v) is 1.90. The van der Waals surface area contributed by atoms with E-state index in [0.717, 1.165) is 18.5 Å². The highest BCUT2D eigenvalue weighted by atomic mass is 16.4. The van der Waals surface area contributed by atoms with Gasteiger partial charge in [0.1, 0.15) is 5.82 Å². The summed E-state index contributed by atoms with van der Waals surface area (Å²) in [4.78, 5) is 28.5. The van der Waals surface area contributed by atoms with Gasteiger partial charge >= 0.3 is 12.0 Å². The van der Waals surface area contributed by atoms with Gasteiger partial charge in [-0.05, 0) is 25.0 Å². The molecular formula is C14H19N3O3. The molecule has 2 rings (SSSR count). The smallest absolute Gasteiger partial charge is 0.322 e. The first-order chi connectivity index (χ1) is 9.47. The van der Waals surface area contributed by atoms with E-state index >= 15 is 0 Å². The number of aliphatic carboxylic acids is 1. The maximum Gasteiger partial charge on any atom is 0.322 e. The molecule has 0 saturated heterocycles. The summed E-state index contributed by atoms with van der Waals surface area (Å²) < 4.78 is 0. The van der Waals surface area contributed by atoms with Crippen molar-refractivity contribution >= 4 is 17.8 Å². The predicted molar refractivity (Wildman–Crippen MR) is 74.7 cm³/mol. The molecule has 1 heterocycles. The van der Waals surface area contributed by atoms with Gasteiger partial charge in [-0.2, -0.15) is 0 Å². The number of rotatable bonds is 5. The average molecular weight is 277 g/mol. The molecule has 1 aromatic heterocycles. The van der Waals surface area contributed by atoms with Gasteiger partial charge in [-0.3, -0.25) is 10.1 Å². The summed E-state index contributed by atoms with van der Waals surface area (Å²) in [5, 5.41) is 11.5. The van der Waals surface area contributed by atoms with E-state index in [1.54, 1.807) is 20.0 Å². The molecule has 1 saturated carbocycles. The Labute approximate surface area is 117 Å². The van der Waals surface area contributed by atoms with Crippen molar-refractivity contribution in [3.63, 3.8) is 0 Å². The van der Waals surface area contributed by atoms with Gasteiger partial charge in [0, 0.05) is 25.2 Å². The molecule has 6 nitrogen and oxygen atoms in total. The van der Waals surface area contributed by atoms with E-state index in [1.165, 1.54) is 4.90 Å². The minimum Gasteiger partial charge on any atom is -0.481 e. The molecular weight excluding hydrogens is 258 g/mol. The molecule has 1 aliphatic carbocycles. The lowest BCUT2D eigenvalue weighted by Gasteiger charge is -2.19. The number of carboxylic acid groups (broad SMARTS) is 1. The third kappa shape index (κ3) is 3.69. The van der Waals surface area contributed by atoms with Crippen LogP contribution in [0.3, 0.4) is 0 Å². The van der Waals surface area contributed by atoms with Crippen LogP contribution in [0.15, 0.2) is 18.2 Å². The summed E-state index contributed by atoms with van der Waals surface area (Å²) >= 11 is 0. The molecule has 0 spiro atoms. The molecule has 0 aromatic carbocycles. The number of hydrogen-bond acceptors (Lipinski definition) is 3. The summed E-state index contributed by atoms with van der Waals surface area (Å²) in [6.45, 7) is 1.72. The molecule has 2 amide bonds. The first kappa shape index (κ1) is 14.3. The van der Waals surface area contributed by atoms with Gasteiger partial charge in [0.2, 0.25) is 0 Å². The van der Waals surface area contributed by atoms with Crippen molar-refractivity contribution in [2.24, 2.45) is 5.92 Å². The average Bonchev–Trinajstić information content (AvgIpc) is 3.23. The number of nitrogens with zero attached hydrogens (tertiary/aromatic N) is 2. The van der Waals surface area contributed by atoms with Crippen molar-refractivity contribution in [2.45, 2.75) is 25.7 Å². The zero-order chi connectivity index (χ0) is 14.7. The van der Waals surface area contributed by atoms with E-state index in [0.29, 0.717) is 11.7 Å². The van der Waals surface area contributed by atoms with Crippen LogP contribution in [-0.4, -0.2) is 40.6 Å². The van der Waals surface area contributed by atoms with E-state index < -0.39 is 11.9 Å². The van der Waals surface area contributed by atoms with E-state index in [1.807, 2.05) is 12.1 Å². The highest BCUT2D eigenvalue weighted by Gasteiger charge is 2.25. The summed E-state index contributed by atoms with van der Waals surface area (Å²) in [5.74, 6) is -0.485. The number of pyridine rings is 1. The summed E-state index contributed by atoms with van der Waals surface area (Å²) in [6, 6.07) is 5.22. The van der Waals surface area contributed by atoms with Crippen LogP contribution in [0.5, 0.6) is 0 Å². The third-order valence-electron chi connectivity index (χ3n) is 3.32. The van der Waals surface area contributed by atoms with Crippen molar-refractivity contribution in [3.05, 3.63) is 23.9 Å². The van der Waals surface area contributed by atoms with Crippen LogP contribution >= 0.6 is 0 Å². The zero-order valence-electron chi connectivity index (χ0n) is 11.7. The molecule has 108 valence electrons. The molecule has 1 aliphatic rings. The normalized spacial score (nSPS) is 15.5. The minimum absolute atomic E-state index is 0.156.